The van der Waals surface area contributed by atoms with E-state index in [1.165, 1.54) is 34.8 Å². The number of hydrogen-bond acceptors (Lipinski definition) is 7. The number of halogens is 1. The molecule has 5 rings (SSSR count). The molecule has 0 saturated carbocycles. The second-order valence-electron chi connectivity index (χ2n) is 6.93. The first-order chi connectivity index (χ1) is 15.0. The number of non-ortho nitro benzene ring substituents is 1. The Hall–Kier alpha value is -3.56. The number of nitrogens with zero attached hydrogens (tertiary/aromatic N) is 4. The Labute approximate surface area is 185 Å². The predicted octanol–water partition coefficient (Wildman–Crippen LogP) is 4.78. The van der Waals surface area contributed by atoms with E-state index in [4.69, 9.17) is 11.6 Å². The van der Waals surface area contributed by atoms with Crippen molar-refractivity contribution in [3.05, 3.63) is 82.7 Å². The van der Waals surface area contributed by atoms with E-state index >= 15 is 0 Å². The van der Waals surface area contributed by atoms with Gasteiger partial charge in [-0.3, -0.25) is 20.3 Å². The average molecular weight is 452 g/mol. The van der Waals surface area contributed by atoms with Crippen molar-refractivity contribution in [3.63, 3.8) is 0 Å². The lowest BCUT2D eigenvalue weighted by Crippen LogP contribution is -2.58. The molecule has 3 heterocycles. The fourth-order valence-electron chi connectivity index (χ4n) is 3.51. The largest absolute Gasteiger partial charge is 0.277 e. The van der Waals surface area contributed by atoms with Crippen LogP contribution in [-0.4, -0.2) is 31.2 Å². The highest BCUT2D eigenvalue weighted by atomic mass is 35.5. The quantitative estimate of drug-likeness (QED) is 0.203. The van der Waals surface area contributed by atoms with Gasteiger partial charge in [0.25, 0.3) is 11.6 Å². The molecule has 10 heteroatoms. The lowest BCUT2D eigenvalue weighted by molar-refractivity contribution is -0.385. The SMILES string of the molecule is O=C1C(Cl)C(c2cccc([N+](=O)[O-])c2)N1Nc1ncnc2cc(-c3ccccc3)sc12. The van der Waals surface area contributed by atoms with Crippen molar-refractivity contribution in [3.8, 4) is 10.4 Å². The lowest BCUT2D eigenvalue weighted by atomic mass is 9.95. The maximum absolute atomic E-state index is 12.5. The van der Waals surface area contributed by atoms with Gasteiger partial charge in [-0.1, -0.05) is 42.5 Å². The molecule has 2 atom stereocenters. The van der Waals surface area contributed by atoms with E-state index in [1.54, 1.807) is 12.1 Å². The third-order valence-corrected chi connectivity index (χ3v) is 6.65. The summed E-state index contributed by atoms with van der Waals surface area (Å²) in [6.07, 6.45) is 1.43. The third-order valence-electron chi connectivity index (χ3n) is 5.05. The van der Waals surface area contributed by atoms with Crippen molar-refractivity contribution < 1.29 is 9.72 Å². The van der Waals surface area contributed by atoms with Gasteiger partial charge < -0.3 is 0 Å². The predicted molar refractivity (Wildman–Crippen MR) is 119 cm³/mol. The Balaban J connectivity index is 1.48. The third kappa shape index (κ3) is 3.37. The number of rotatable bonds is 5. The lowest BCUT2D eigenvalue weighted by Gasteiger charge is -2.44. The van der Waals surface area contributed by atoms with E-state index in [2.05, 4.69) is 15.4 Å². The van der Waals surface area contributed by atoms with E-state index in [1.807, 2.05) is 36.4 Å². The Morgan fingerprint density at radius 1 is 1.10 bits per heavy atom. The van der Waals surface area contributed by atoms with Crippen molar-refractivity contribution in [2.45, 2.75) is 11.4 Å². The molecule has 1 amide bonds. The van der Waals surface area contributed by atoms with Gasteiger partial charge in [-0.05, 0) is 17.2 Å². The number of anilines is 1. The van der Waals surface area contributed by atoms with Gasteiger partial charge in [0.2, 0.25) is 0 Å². The maximum Gasteiger partial charge on any atom is 0.269 e. The molecule has 8 nitrogen and oxygen atoms in total. The molecule has 31 heavy (non-hydrogen) atoms. The van der Waals surface area contributed by atoms with Crippen LogP contribution in [0.1, 0.15) is 11.6 Å². The summed E-state index contributed by atoms with van der Waals surface area (Å²) in [7, 11) is 0. The molecular formula is C21H14ClN5O3S. The molecular weight excluding hydrogens is 438 g/mol. The number of nitrogens with one attached hydrogen (secondary N) is 1. The van der Waals surface area contributed by atoms with Crippen LogP contribution in [0.25, 0.3) is 20.7 Å². The first-order valence-electron chi connectivity index (χ1n) is 9.31. The van der Waals surface area contributed by atoms with Crippen LogP contribution in [0.2, 0.25) is 0 Å². The minimum absolute atomic E-state index is 0.0594. The van der Waals surface area contributed by atoms with Gasteiger partial charge in [-0.15, -0.1) is 22.9 Å². The number of amides is 1. The molecule has 0 radical (unpaired) electrons. The van der Waals surface area contributed by atoms with Crippen LogP contribution < -0.4 is 5.43 Å². The molecule has 0 spiro atoms. The van der Waals surface area contributed by atoms with Gasteiger partial charge in [-0.2, -0.15) is 0 Å². The highest BCUT2D eigenvalue weighted by Gasteiger charge is 2.48. The summed E-state index contributed by atoms with van der Waals surface area (Å²) in [5, 5.41) is 11.7. The zero-order valence-electron chi connectivity index (χ0n) is 15.8. The number of benzene rings is 2. The molecule has 4 aromatic rings. The first-order valence-corrected chi connectivity index (χ1v) is 10.6. The first kappa shape index (κ1) is 19.4. The molecule has 1 aliphatic heterocycles. The van der Waals surface area contributed by atoms with Crippen molar-refractivity contribution >= 4 is 50.6 Å². The van der Waals surface area contributed by atoms with Gasteiger partial charge in [0.1, 0.15) is 17.7 Å². The van der Waals surface area contributed by atoms with E-state index < -0.39 is 16.3 Å². The topological polar surface area (TPSA) is 101 Å². The van der Waals surface area contributed by atoms with E-state index in [0.717, 1.165) is 20.7 Å². The minimum Gasteiger partial charge on any atom is -0.277 e. The summed E-state index contributed by atoms with van der Waals surface area (Å²) in [5.41, 5.74) is 5.38. The molecule has 1 saturated heterocycles. The number of β-lactam (4-membered cyclic amide) rings is 1. The summed E-state index contributed by atoms with van der Waals surface area (Å²) >= 11 is 7.78. The molecule has 1 aliphatic rings. The number of fused-ring (bicyclic) bond motifs is 1. The smallest absolute Gasteiger partial charge is 0.269 e. The van der Waals surface area contributed by atoms with E-state index in [-0.39, 0.29) is 11.6 Å². The number of thiophene rings is 1. The van der Waals surface area contributed by atoms with Crippen LogP contribution >= 0.6 is 22.9 Å². The van der Waals surface area contributed by atoms with E-state index in [0.29, 0.717) is 11.4 Å². The fraction of sp³-hybridized carbons (Fsp3) is 0.0952. The standard InChI is InChI=1S/C21H14ClN5O3S/c22-17-18(13-7-4-8-14(9-13)27(29)30)26(21(17)28)25-20-19-15(23-11-24-20)10-16(31-19)12-5-2-1-3-6-12/h1-11,17-18H,(H,23,24,25). The number of alkyl halides is 1. The summed E-state index contributed by atoms with van der Waals surface area (Å²) < 4.78 is 0.796. The number of nitro benzene ring substituents is 1. The number of aromatic nitrogens is 2. The summed E-state index contributed by atoms with van der Waals surface area (Å²) in [6, 6.07) is 17.4. The van der Waals surface area contributed by atoms with Crippen molar-refractivity contribution in [1.29, 1.82) is 0 Å². The van der Waals surface area contributed by atoms with Crippen molar-refractivity contribution in [2.75, 3.05) is 5.43 Å². The second kappa shape index (κ2) is 7.60. The molecule has 2 aromatic heterocycles. The molecule has 2 aromatic carbocycles. The molecule has 1 fully saturated rings. The number of hydrazine groups is 1. The Morgan fingerprint density at radius 3 is 2.68 bits per heavy atom. The average Bonchev–Trinajstić information content (AvgIpc) is 3.24. The Kier molecular flexibility index (Phi) is 4.76. The molecule has 154 valence electrons. The summed E-state index contributed by atoms with van der Waals surface area (Å²) in [6.45, 7) is 0. The summed E-state index contributed by atoms with van der Waals surface area (Å²) in [5.74, 6) is 0.148. The van der Waals surface area contributed by atoms with E-state index in [9.17, 15) is 14.9 Å². The monoisotopic (exact) mass is 451 g/mol. The normalized spacial score (nSPS) is 18.1. The van der Waals surface area contributed by atoms with Crippen LogP contribution in [0.3, 0.4) is 0 Å². The highest BCUT2D eigenvalue weighted by Crippen LogP contribution is 2.41. The second-order valence-corrected chi connectivity index (χ2v) is 8.45. The number of carbonyl (C=O) groups excluding carboxylic acids is 1. The van der Waals surface area contributed by atoms with Crippen LogP contribution in [0, 0.1) is 10.1 Å². The number of hydrogen-bond donors (Lipinski definition) is 1. The summed E-state index contributed by atoms with van der Waals surface area (Å²) in [4.78, 5) is 32.8. The number of nitro groups is 1. The zero-order chi connectivity index (χ0) is 21.5. The van der Waals surface area contributed by atoms with Crippen LogP contribution in [-0.2, 0) is 4.79 Å². The van der Waals surface area contributed by atoms with Crippen LogP contribution in [0.5, 0.6) is 0 Å². The maximum atomic E-state index is 12.5. The molecule has 0 aliphatic carbocycles. The van der Waals surface area contributed by atoms with Gasteiger partial charge in [-0.25, -0.2) is 15.0 Å². The van der Waals surface area contributed by atoms with Gasteiger partial charge in [0.15, 0.2) is 5.82 Å². The van der Waals surface area contributed by atoms with Gasteiger partial charge in [0.05, 0.1) is 15.1 Å². The van der Waals surface area contributed by atoms with Gasteiger partial charge >= 0.3 is 0 Å². The van der Waals surface area contributed by atoms with Crippen LogP contribution in [0.4, 0.5) is 11.5 Å². The highest BCUT2D eigenvalue weighted by molar-refractivity contribution is 7.22. The Bertz CT molecular complexity index is 1310. The minimum atomic E-state index is -0.824. The van der Waals surface area contributed by atoms with Crippen molar-refractivity contribution in [2.24, 2.45) is 0 Å². The fourth-order valence-corrected chi connectivity index (χ4v) is 4.93. The van der Waals surface area contributed by atoms with Crippen molar-refractivity contribution in [1.82, 2.24) is 15.0 Å². The number of carbonyl (C=O) groups is 1. The Morgan fingerprint density at radius 2 is 1.90 bits per heavy atom. The molecule has 1 N–H and O–H groups in total. The zero-order valence-corrected chi connectivity index (χ0v) is 17.4. The molecule has 2 unspecified atom stereocenters. The van der Waals surface area contributed by atoms with Crippen LogP contribution in [0.15, 0.2) is 67.0 Å². The molecule has 0 bridgehead atoms. The van der Waals surface area contributed by atoms with Gasteiger partial charge in [0, 0.05) is 17.0 Å².